The molecule has 2 atom stereocenters. The number of para-hydroxylation sites is 1. The highest BCUT2D eigenvalue weighted by molar-refractivity contribution is 7.91. The van der Waals surface area contributed by atoms with Gasteiger partial charge in [-0.2, -0.15) is 0 Å². The molecule has 0 saturated carbocycles. The molecule has 4 aromatic rings. The van der Waals surface area contributed by atoms with Gasteiger partial charge in [-0.25, -0.2) is 18.4 Å². The van der Waals surface area contributed by atoms with E-state index in [9.17, 15) is 8.42 Å². The van der Waals surface area contributed by atoms with Gasteiger partial charge in [-0.3, -0.25) is 9.55 Å². The summed E-state index contributed by atoms with van der Waals surface area (Å²) in [6.07, 6.45) is 5.14. The average molecular weight is 559 g/mol. The number of hydrogen-bond donors (Lipinski definition) is 0. The Hall–Kier alpha value is -3.61. The van der Waals surface area contributed by atoms with E-state index in [1.807, 2.05) is 0 Å². The summed E-state index contributed by atoms with van der Waals surface area (Å²) >= 11 is 5.92. The van der Waals surface area contributed by atoms with Crippen molar-refractivity contribution in [3.05, 3.63) is 71.8 Å². The highest BCUT2D eigenvalue weighted by atomic mass is 35.5. The number of nitrogens with zero attached hydrogens (tertiary/aromatic N) is 6. The van der Waals surface area contributed by atoms with Crippen LogP contribution in [0.15, 0.2) is 55.1 Å². The average Bonchev–Trinajstić information content (AvgIpc) is 3.34. The van der Waals surface area contributed by atoms with Gasteiger partial charge in [0.15, 0.2) is 27.3 Å². The summed E-state index contributed by atoms with van der Waals surface area (Å²) in [5.74, 6) is 1.19. The Balaban J connectivity index is 1.83. The summed E-state index contributed by atoms with van der Waals surface area (Å²) in [6.45, 7) is 3.59. The number of pyridine rings is 1. The van der Waals surface area contributed by atoms with Crippen molar-refractivity contribution in [2.24, 2.45) is 0 Å². The number of halogens is 1. The van der Waals surface area contributed by atoms with Crippen LogP contribution in [0.25, 0.3) is 17.1 Å². The molecule has 4 rings (SSSR count). The fraction of sp³-hybridized carbons (Fsp3) is 0.320. The monoisotopic (exact) mass is 558 g/mol. The standard InChI is InChI=1S/C25H27ClN6O5S/c1-5-37-23(24-28-13-18(26)14-29-24)16(2)38(33,34)15-21-30-31-25(17-8-7-11-27-12-17)32(21)22-19(35-3)9-6-10-20(22)36-4/h6-14,16,23H,5,15H2,1-4H3/t16-,23-/m0/s1. The van der Waals surface area contributed by atoms with Crippen LogP contribution in [0.5, 0.6) is 11.5 Å². The molecule has 0 radical (unpaired) electrons. The number of hydrogen-bond acceptors (Lipinski definition) is 10. The highest BCUT2D eigenvalue weighted by Gasteiger charge is 2.35. The van der Waals surface area contributed by atoms with Crippen LogP contribution in [0.2, 0.25) is 5.02 Å². The molecule has 1 aromatic carbocycles. The minimum Gasteiger partial charge on any atom is -0.494 e. The van der Waals surface area contributed by atoms with E-state index in [1.165, 1.54) is 26.6 Å². The van der Waals surface area contributed by atoms with Crippen molar-refractivity contribution >= 4 is 21.4 Å². The summed E-state index contributed by atoms with van der Waals surface area (Å²) in [5, 5.41) is 7.93. The van der Waals surface area contributed by atoms with Crippen LogP contribution in [0, 0.1) is 0 Å². The number of methoxy groups -OCH3 is 2. The fourth-order valence-corrected chi connectivity index (χ4v) is 5.43. The number of ether oxygens (including phenoxy) is 3. The smallest absolute Gasteiger partial charge is 0.170 e. The normalized spacial score (nSPS) is 13.2. The molecular weight excluding hydrogens is 532 g/mol. The van der Waals surface area contributed by atoms with Crippen molar-refractivity contribution in [1.29, 1.82) is 0 Å². The summed E-state index contributed by atoms with van der Waals surface area (Å²) in [7, 11) is -0.855. The zero-order chi connectivity index (χ0) is 27.3. The van der Waals surface area contributed by atoms with E-state index >= 15 is 0 Å². The van der Waals surface area contributed by atoms with E-state index in [2.05, 4.69) is 25.1 Å². The minimum atomic E-state index is -3.89. The Labute approximate surface area is 225 Å². The second-order valence-electron chi connectivity index (χ2n) is 8.18. The molecule has 38 heavy (non-hydrogen) atoms. The van der Waals surface area contributed by atoms with Gasteiger partial charge < -0.3 is 14.2 Å². The third-order valence-corrected chi connectivity index (χ3v) is 8.08. The predicted molar refractivity (Wildman–Crippen MR) is 141 cm³/mol. The van der Waals surface area contributed by atoms with Crippen LogP contribution in [-0.4, -0.2) is 64.2 Å². The molecule has 0 unspecified atom stereocenters. The summed E-state index contributed by atoms with van der Waals surface area (Å²) < 4.78 is 46.2. The number of benzene rings is 1. The third kappa shape index (κ3) is 5.62. The van der Waals surface area contributed by atoms with Crippen molar-refractivity contribution in [2.45, 2.75) is 31.0 Å². The van der Waals surface area contributed by atoms with E-state index in [0.29, 0.717) is 33.6 Å². The van der Waals surface area contributed by atoms with Crippen LogP contribution in [0.4, 0.5) is 0 Å². The summed E-state index contributed by atoms with van der Waals surface area (Å²) in [5.41, 5.74) is 1.09. The van der Waals surface area contributed by atoms with Crippen LogP contribution < -0.4 is 9.47 Å². The van der Waals surface area contributed by atoms with Crippen LogP contribution in [-0.2, 0) is 20.3 Å². The molecule has 3 aromatic heterocycles. The van der Waals surface area contributed by atoms with E-state index in [0.717, 1.165) is 0 Å². The largest absolute Gasteiger partial charge is 0.494 e. The van der Waals surface area contributed by atoms with Gasteiger partial charge in [-0.1, -0.05) is 17.7 Å². The molecule has 0 aliphatic carbocycles. The SMILES string of the molecule is CCO[C@H](c1ncc(Cl)cn1)[C@H](C)S(=O)(=O)Cc1nnc(-c2cccnc2)n1-c1c(OC)cccc1OC. The maximum absolute atomic E-state index is 13.8. The Morgan fingerprint density at radius 1 is 1.00 bits per heavy atom. The summed E-state index contributed by atoms with van der Waals surface area (Å²) in [4.78, 5) is 12.5. The molecule has 13 heteroatoms. The molecule has 0 N–H and O–H groups in total. The molecular formula is C25H27ClN6O5S. The van der Waals surface area contributed by atoms with E-state index in [4.69, 9.17) is 25.8 Å². The number of sulfone groups is 1. The second-order valence-corrected chi connectivity index (χ2v) is 11.0. The Morgan fingerprint density at radius 3 is 2.26 bits per heavy atom. The van der Waals surface area contributed by atoms with Crippen LogP contribution in [0.3, 0.4) is 0 Å². The van der Waals surface area contributed by atoms with Crippen molar-refractivity contribution in [3.63, 3.8) is 0 Å². The van der Waals surface area contributed by atoms with Gasteiger partial charge in [0.1, 0.15) is 29.0 Å². The molecule has 11 nitrogen and oxygen atoms in total. The van der Waals surface area contributed by atoms with Gasteiger partial charge in [0, 0.05) is 37.0 Å². The zero-order valence-electron chi connectivity index (χ0n) is 21.3. The van der Waals surface area contributed by atoms with Gasteiger partial charge in [0.25, 0.3) is 0 Å². The lowest BCUT2D eigenvalue weighted by molar-refractivity contribution is 0.0556. The Morgan fingerprint density at radius 2 is 1.68 bits per heavy atom. The highest BCUT2D eigenvalue weighted by Crippen LogP contribution is 2.37. The first kappa shape index (κ1) is 27.4. The molecule has 200 valence electrons. The molecule has 0 fully saturated rings. The Bertz CT molecular complexity index is 1460. The van der Waals surface area contributed by atoms with E-state index in [1.54, 1.807) is 61.1 Å². The van der Waals surface area contributed by atoms with Crippen LogP contribution >= 0.6 is 11.6 Å². The number of aromatic nitrogens is 6. The fourth-order valence-electron chi connectivity index (χ4n) is 3.95. The topological polar surface area (TPSA) is 131 Å². The lowest BCUT2D eigenvalue weighted by atomic mass is 10.2. The third-order valence-electron chi connectivity index (χ3n) is 5.84. The molecule has 0 aliphatic rings. The zero-order valence-corrected chi connectivity index (χ0v) is 22.8. The van der Waals surface area contributed by atoms with Crippen molar-refractivity contribution < 1.29 is 22.6 Å². The first-order chi connectivity index (χ1) is 18.3. The van der Waals surface area contributed by atoms with Crippen molar-refractivity contribution in [2.75, 3.05) is 20.8 Å². The van der Waals surface area contributed by atoms with Crippen molar-refractivity contribution in [1.82, 2.24) is 29.7 Å². The first-order valence-corrected chi connectivity index (χ1v) is 13.8. The molecule has 3 heterocycles. The summed E-state index contributed by atoms with van der Waals surface area (Å²) in [6, 6.07) is 8.82. The first-order valence-electron chi connectivity index (χ1n) is 11.7. The molecule has 0 aliphatic heterocycles. The van der Waals surface area contributed by atoms with Gasteiger partial charge >= 0.3 is 0 Å². The molecule has 0 spiro atoms. The molecule has 0 bridgehead atoms. The van der Waals surface area contributed by atoms with Gasteiger partial charge in [-0.15, -0.1) is 10.2 Å². The van der Waals surface area contributed by atoms with E-state index < -0.39 is 26.9 Å². The predicted octanol–water partition coefficient (Wildman–Crippen LogP) is 3.87. The van der Waals surface area contributed by atoms with Crippen molar-refractivity contribution in [3.8, 4) is 28.6 Å². The second kappa shape index (κ2) is 11.8. The van der Waals surface area contributed by atoms with Gasteiger partial charge in [0.05, 0.1) is 24.5 Å². The van der Waals surface area contributed by atoms with E-state index in [-0.39, 0.29) is 18.3 Å². The van der Waals surface area contributed by atoms with Crippen LogP contribution in [0.1, 0.15) is 31.6 Å². The number of rotatable bonds is 11. The van der Waals surface area contributed by atoms with Gasteiger partial charge in [0.2, 0.25) is 0 Å². The molecule has 0 amide bonds. The lowest BCUT2D eigenvalue weighted by Gasteiger charge is -2.23. The quantitative estimate of drug-likeness (QED) is 0.267. The maximum Gasteiger partial charge on any atom is 0.170 e. The Kier molecular flexibility index (Phi) is 8.55. The van der Waals surface area contributed by atoms with Gasteiger partial charge in [-0.05, 0) is 38.1 Å². The minimum absolute atomic E-state index is 0.158. The maximum atomic E-state index is 13.8. The lowest BCUT2D eigenvalue weighted by Crippen LogP contribution is -2.30. The molecule has 0 saturated heterocycles.